The number of carbonyl (C=O) groups excluding carboxylic acids is 1. The van der Waals surface area contributed by atoms with Crippen LogP contribution in [-0.2, 0) is 0 Å². The number of nitrogens with one attached hydrogen (secondary N) is 1. The summed E-state index contributed by atoms with van der Waals surface area (Å²) in [5, 5.41) is 2.73. The first-order valence-electron chi connectivity index (χ1n) is 6.01. The van der Waals surface area contributed by atoms with Crippen molar-refractivity contribution in [1.29, 1.82) is 0 Å². The van der Waals surface area contributed by atoms with E-state index in [9.17, 15) is 4.79 Å². The predicted molar refractivity (Wildman–Crippen MR) is 77.4 cm³/mol. The number of nitrogens with zero attached hydrogens (tertiary/aromatic N) is 3. The molecule has 3 rings (SSSR count). The fraction of sp³-hybridized carbons (Fsp3) is 0.0909. The van der Waals surface area contributed by atoms with E-state index >= 15 is 0 Å². The lowest BCUT2D eigenvalue weighted by Crippen LogP contribution is -2.21. The van der Waals surface area contributed by atoms with Gasteiger partial charge in [0.2, 0.25) is 7.85 Å². The summed E-state index contributed by atoms with van der Waals surface area (Å²) in [7, 11) is 3.46. The van der Waals surface area contributed by atoms with Crippen molar-refractivity contribution in [2.75, 3.05) is 5.32 Å². The van der Waals surface area contributed by atoms with Crippen LogP contribution in [0.3, 0.4) is 0 Å². The second-order valence-electron chi connectivity index (χ2n) is 4.38. The molecule has 0 spiro atoms. The van der Waals surface area contributed by atoms with Gasteiger partial charge in [0.1, 0.15) is 12.1 Å². The van der Waals surface area contributed by atoms with E-state index in [1.165, 1.54) is 6.26 Å². The van der Waals surface area contributed by atoms with E-state index in [4.69, 9.17) is 8.83 Å². The Labute approximate surface area is 115 Å². The van der Waals surface area contributed by atoms with Crippen LogP contribution in [0.2, 0.25) is 0 Å². The number of pyridine rings is 1. The van der Waals surface area contributed by atoms with Crippen LogP contribution in [0.25, 0.3) is 11.2 Å². The molecular weight excluding hydrogens is 258 g/mol. The summed E-state index contributed by atoms with van der Waals surface area (Å²) in [6.07, 6.45) is 1.31. The van der Waals surface area contributed by atoms with Gasteiger partial charge in [-0.15, -0.1) is 0 Å². The van der Waals surface area contributed by atoms with Crippen molar-refractivity contribution >= 4 is 49.9 Å². The van der Waals surface area contributed by atoms with Crippen molar-refractivity contribution in [3.05, 3.63) is 23.9 Å². The highest BCUT2D eigenvalue weighted by Crippen LogP contribution is 2.16. The molecule has 0 unspecified atom stereocenters. The monoisotopic (exact) mass is 268 g/mol. The SMILES string of the molecule is Bc1nc(C(=O)Nc2cc3oc(C)nc3nc2B)co1. The topological polar surface area (TPSA) is 94.1 Å². The number of aromatic nitrogens is 3. The Morgan fingerprint density at radius 1 is 1.30 bits per heavy atom. The smallest absolute Gasteiger partial charge is 0.277 e. The van der Waals surface area contributed by atoms with Gasteiger partial charge in [-0.1, -0.05) is 0 Å². The molecule has 0 aliphatic carbocycles. The van der Waals surface area contributed by atoms with Crippen LogP contribution in [0.4, 0.5) is 5.69 Å². The zero-order valence-corrected chi connectivity index (χ0v) is 11.2. The van der Waals surface area contributed by atoms with Crippen LogP contribution in [0.5, 0.6) is 0 Å². The van der Waals surface area contributed by atoms with Crippen LogP contribution < -0.4 is 16.7 Å². The van der Waals surface area contributed by atoms with Crippen LogP contribution >= 0.6 is 0 Å². The number of amides is 1. The molecule has 0 atom stereocenters. The predicted octanol–water partition coefficient (Wildman–Crippen LogP) is -1.71. The summed E-state index contributed by atoms with van der Waals surface area (Å²) in [4.78, 5) is 24.4. The minimum atomic E-state index is -0.359. The number of fused-ring (bicyclic) bond motifs is 1. The molecular formula is C11H10B2N4O3. The summed E-state index contributed by atoms with van der Waals surface area (Å²) < 4.78 is 10.4. The van der Waals surface area contributed by atoms with Crippen molar-refractivity contribution in [2.45, 2.75) is 6.92 Å². The average Bonchev–Trinajstić information content (AvgIpc) is 2.95. The summed E-state index contributed by atoms with van der Waals surface area (Å²) >= 11 is 0. The summed E-state index contributed by atoms with van der Waals surface area (Å²) in [5.74, 6) is 0.608. The molecule has 0 saturated heterocycles. The Balaban J connectivity index is 1.93. The third-order valence-electron chi connectivity index (χ3n) is 2.78. The first-order chi connectivity index (χ1) is 9.52. The van der Waals surface area contributed by atoms with Gasteiger partial charge >= 0.3 is 0 Å². The molecule has 0 aliphatic heterocycles. The quantitative estimate of drug-likeness (QED) is 0.556. The fourth-order valence-corrected chi connectivity index (χ4v) is 1.84. The van der Waals surface area contributed by atoms with E-state index in [0.29, 0.717) is 34.2 Å². The number of anilines is 1. The lowest BCUT2D eigenvalue weighted by atomic mass is 10.0. The van der Waals surface area contributed by atoms with Crippen molar-refractivity contribution in [1.82, 2.24) is 15.0 Å². The molecule has 0 fully saturated rings. The van der Waals surface area contributed by atoms with Gasteiger partial charge in [-0.05, 0) is 0 Å². The van der Waals surface area contributed by atoms with Gasteiger partial charge < -0.3 is 14.2 Å². The number of aryl methyl sites for hydroxylation is 1. The average molecular weight is 268 g/mol. The fourth-order valence-electron chi connectivity index (χ4n) is 1.84. The number of hydrogen-bond donors (Lipinski definition) is 1. The lowest BCUT2D eigenvalue weighted by molar-refractivity contribution is 0.102. The Morgan fingerprint density at radius 2 is 2.10 bits per heavy atom. The maximum Gasteiger partial charge on any atom is 0.277 e. The Bertz CT molecular complexity index is 811. The number of oxazole rings is 2. The number of carbonyl (C=O) groups is 1. The van der Waals surface area contributed by atoms with Crippen molar-refractivity contribution < 1.29 is 13.6 Å². The highest BCUT2D eigenvalue weighted by atomic mass is 16.3. The minimum absolute atomic E-state index is 0.218. The summed E-state index contributed by atoms with van der Waals surface area (Å²) in [5.41, 5.74) is 2.48. The molecule has 0 bridgehead atoms. The Hall–Kier alpha value is -2.57. The first-order valence-corrected chi connectivity index (χ1v) is 6.01. The van der Waals surface area contributed by atoms with E-state index in [1.807, 2.05) is 0 Å². The Kier molecular flexibility index (Phi) is 2.81. The molecule has 9 heteroatoms. The van der Waals surface area contributed by atoms with Crippen LogP contribution in [0, 0.1) is 6.92 Å². The van der Waals surface area contributed by atoms with E-state index < -0.39 is 0 Å². The van der Waals surface area contributed by atoms with E-state index in [0.717, 1.165) is 0 Å². The Morgan fingerprint density at radius 3 is 2.80 bits per heavy atom. The third-order valence-corrected chi connectivity index (χ3v) is 2.78. The second-order valence-corrected chi connectivity index (χ2v) is 4.38. The molecule has 0 radical (unpaired) electrons. The van der Waals surface area contributed by atoms with E-state index in [2.05, 4.69) is 20.3 Å². The first kappa shape index (κ1) is 12.5. The molecule has 1 N–H and O–H groups in total. The maximum atomic E-state index is 12.0. The summed E-state index contributed by atoms with van der Waals surface area (Å²) in [6, 6.07) is 1.70. The number of hydrogen-bond acceptors (Lipinski definition) is 6. The third kappa shape index (κ3) is 2.18. The van der Waals surface area contributed by atoms with Gasteiger partial charge in [-0.3, -0.25) is 4.79 Å². The molecule has 3 heterocycles. The van der Waals surface area contributed by atoms with Crippen LogP contribution in [-0.4, -0.2) is 36.6 Å². The highest BCUT2D eigenvalue weighted by Gasteiger charge is 2.14. The molecule has 98 valence electrons. The highest BCUT2D eigenvalue weighted by molar-refractivity contribution is 6.35. The van der Waals surface area contributed by atoms with Gasteiger partial charge in [-0.25, -0.2) is 9.97 Å². The molecule has 0 saturated carbocycles. The zero-order valence-electron chi connectivity index (χ0n) is 11.2. The molecule has 7 nitrogen and oxygen atoms in total. The van der Waals surface area contributed by atoms with E-state index in [-0.39, 0.29) is 11.6 Å². The lowest BCUT2D eigenvalue weighted by Gasteiger charge is -2.05. The van der Waals surface area contributed by atoms with Crippen LogP contribution in [0.1, 0.15) is 16.4 Å². The maximum absolute atomic E-state index is 12.0. The van der Waals surface area contributed by atoms with Crippen molar-refractivity contribution in [2.24, 2.45) is 0 Å². The van der Waals surface area contributed by atoms with Gasteiger partial charge in [0, 0.05) is 18.6 Å². The molecule has 3 aromatic heterocycles. The van der Waals surface area contributed by atoms with Gasteiger partial charge in [0.15, 0.2) is 30.7 Å². The minimum Gasteiger partial charge on any atom is -0.459 e. The number of rotatable bonds is 2. The zero-order chi connectivity index (χ0) is 14.3. The largest absolute Gasteiger partial charge is 0.459 e. The molecule has 3 aromatic rings. The van der Waals surface area contributed by atoms with Gasteiger partial charge in [0.25, 0.3) is 5.91 Å². The van der Waals surface area contributed by atoms with Crippen molar-refractivity contribution in [3.8, 4) is 0 Å². The van der Waals surface area contributed by atoms with E-state index in [1.54, 1.807) is 28.7 Å². The second kappa shape index (κ2) is 4.52. The summed E-state index contributed by atoms with van der Waals surface area (Å²) in [6.45, 7) is 1.74. The van der Waals surface area contributed by atoms with Crippen LogP contribution in [0.15, 0.2) is 21.2 Å². The molecule has 1 amide bonds. The molecule has 0 aliphatic rings. The van der Waals surface area contributed by atoms with Crippen molar-refractivity contribution in [3.63, 3.8) is 0 Å². The van der Waals surface area contributed by atoms with Gasteiger partial charge in [0.05, 0.1) is 5.69 Å². The van der Waals surface area contributed by atoms with Gasteiger partial charge in [-0.2, -0.15) is 4.98 Å². The molecule has 0 aromatic carbocycles. The standard InChI is InChI=1S/C11H10B2N4O3/c1-4-14-9-7(20-4)2-5(8(12)17-9)15-10(18)6-3-19-11(13)16-6/h2-3H,12-13H2,1H3,(H,15,18). The normalized spacial score (nSPS) is 10.8. The molecule has 20 heavy (non-hydrogen) atoms.